The van der Waals surface area contributed by atoms with Gasteiger partial charge in [0.1, 0.15) is 0 Å². The van der Waals surface area contributed by atoms with Gasteiger partial charge in [0.05, 0.1) is 0 Å². The second kappa shape index (κ2) is 8.16. The first-order valence-corrected chi connectivity index (χ1v) is 8.33. The van der Waals surface area contributed by atoms with E-state index in [-0.39, 0.29) is 0 Å². The molecule has 0 aromatic heterocycles. The molecule has 0 amide bonds. The van der Waals surface area contributed by atoms with Crippen molar-refractivity contribution < 1.29 is 0 Å². The minimum absolute atomic E-state index is 1.03. The lowest BCUT2D eigenvalue weighted by Gasteiger charge is -2.41. The van der Waals surface area contributed by atoms with Gasteiger partial charge in [-0.2, -0.15) is 0 Å². The Morgan fingerprint density at radius 1 is 1.00 bits per heavy atom. The molecule has 1 aliphatic carbocycles. The smallest absolute Gasteiger partial charge is 0.0107 e. The van der Waals surface area contributed by atoms with Crippen molar-refractivity contribution in [3.63, 3.8) is 0 Å². The number of nitrogens with one attached hydrogen (secondary N) is 1. The summed E-state index contributed by atoms with van der Waals surface area (Å²) in [5, 5.41) is 3.60. The Morgan fingerprint density at radius 2 is 1.83 bits per heavy atom. The quantitative estimate of drug-likeness (QED) is 0.700. The lowest BCUT2D eigenvalue weighted by Crippen LogP contribution is -2.44. The first-order valence-electron chi connectivity index (χ1n) is 8.33. The molecule has 2 fully saturated rings. The summed E-state index contributed by atoms with van der Waals surface area (Å²) in [4.78, 5) is 2.71. The highest BCUT2D eigenvalue weighted by Crippen LogP contribution is 2.35. The van der Waals surface area contributed by atoms with Crippen molar-refractivity contribution >= 4 is 0 Å². The van der Waals surface area contributed by atoms with Crippen LogP contribution in [-0.4, -0.2) is 37.6 Å². The molecule has 2 rings (SSSR count). The van der Waals surface area contributed by atoms with E-state index in [1.54, 1.807) is 0 Å². The molecule has 2 heteroatoms. The fraction of sp³-hybridized carbons (Fsp3) is 1.00. The van der Waals surface area contributed by atoms with E-state index in [0.717, 1.165) is 11.8 Å². The number of unbranched alkanes of at least 4 members (excludes halogenated alkanes) is 2. The first-order chi connectivity index (χ1) is 8.90. The van der Waals surface area contributed by atoms with Crippen LogP contribution in [0.2, 0.25) is 0 Å². The Balaban J connectivity index is 1.54. The third-order valence-electron chi connectivity index (χ3n) is 4.94. The third kappa shape index (κ3) is 4.55. The van der Waals surface area contributed by atoms with Crippen LogP contribution < -0.4 is 5.32 Å². The maximum Gasteiger partial charge on any atom is 0.0107 e. The normalized spacial score (nSPS) is 29.2. The standard InChI is InChI=1S/C16H32N2/c1-2-3-6-10-17-11-13-18-12-9-15-7-4-5-8-16(15)14-18/h15-17H,2-14H2,1H3. The van der Waals surface area contributed by atoms with Crippen molar-refractivity contribution in [2.24, 2.45) is 11.8 Å². The van der Waals surface area contributed by atoms with Gasteiger partial charge in [0, 0.05) is 19.6 Å². The molecule has 0 aromatic carbocycles. The highest BCUT2D eigenvalue weighted by Gasteiger charge is 2.30. The molecule has 1 aliphatic heterocycles. The molecule has 1 N–H and O–H groups in total. The summed E-state index contributed by atoms with van der Waals surface area (Å²) >= 11 is 0. The molecule has 0 radical (unpaired) electrons. The van der Waals surface area contributed by atoms with E-state index in [1.807, 2.05) is 0 Å². The SMILES string of the molecule is CCCCCNCCN1CCC2CCCCC2C1. The number of hydrogen-bond donors (Lipinski definition) is 1. The minimum Gasteiger partial charge on any atom is -0.315 e. The summed E-state index contributed by atoms with van der Waals surface area (Å²) in [6, 6.07) is 0. The van der Waals surface area contributed by atoms with Gasteiger partial charge >= 0.3 is 0 Å². The van der Waals surface area contributed by atoms with Gasteiger partial charge in [0.25, 0.3) is 0 Å². The summed E-state index contributed by atoms with van der Waals surface area (Å²) in [5.74, 6) is 2.11. The van der Waals surface area contributed by atoms with Crippen LogP contribution in [0.1, 0.15) is 58.3 Å². The van der Waals surface area contributed by atoms with E-state index in [9.17, 15) is 0 Å². The van der Waals surface area contributed by atoms with Crippen LogP contribution >= 0.6 is 0 Å². The fourth-order valence-electron chi connectivity index (χ4n) is 3.74. The second-order valence-electron chi connectivity index (χ2n) is 6.35. The molecule has 2 unspecified atom stereocenters. The monoisotopic (exact) mass is 252 g/mol. The van der Waals surface area contributed by atoms with E-state index < -0.39 is 0 Å². The highest BCUT2D eigenvalue weighted by atomic mass is 15.1. The Labute approximate surface area is 114 Å². The van der Waals surface area contributed by atoms with Crippen LogP contribution in [0, 0.1) is 11.8 Å². The van der Waals surface area contributed by atoms with Crippen LogP contribution in [0.5, 0.6) is 0 Å². The number of likely N-dealkylation sites (tertiary alicyclic amines) is 1. The van der Waals surface area contributed by atoms with Crippen LogP contribution in [-0.2, 0) is 0 Å². The molecule has 0 spiro atoms. The summed E-state index contributed by atoms with van der Waals surface area (Å²) in [7, 11) is 0. The summed E-state index contributed by atoms with van der Waals surface area (Å²) in [5.41, 5.74) is 0. The topological polar surface area (TPSA) is 15.3 Å². The van der Waals surface area contributed by atoms with Gasteiger partial charge in [-0.25, -0.2) is 0 Å². The van der Waals surface area contributed by atoms with Crippen molar-refractivity contribution in [2.45, 2.75) is 58.3 Å². The predicted octanol–water partition coefficient (Wildman–Crippen LogP) is 3.28. The van der Waals surface area contributed by atoms with Gasteiger partial charge in [-0.15, -0.1) is 0 Å². The molecule has 1 saturated heterocycles. The summed E-state index contributed by atoms with van der Waals surface area (Å²) in [6.45, 7) is 8.71. The Morgan fingerprint density at radius 3 is 2.67 bits per heavy atom. The van der Waals surface area contributed by atoms with Crippen molar-refractivity contribution in [3.05, 3.63) is 0 Å². The van der Waals surface area contributed by atoms with Crippen LogP contribution in [0.15, 0.2) is 0 Å². The first kappa shape index (κ1) is 14.3. The Kier molecular flexibility index (Phi) is 6.50. The molecule has 0 bridgehead atoms. The zero-order valence-corrected chi connectivity index (χ0v) is 12.3. The van der Waals surface area contributed by atoms with Crippen molar-refractivity contribution in [1.29, 1.82) is 0 Å². The molecule has 1 heterocycles. The van der Waals surface area contributed by atoms with Gasteiger partial charge in [0.2, 0.25) is 0 Å². The summed E-state index contributed by atoms with van der Waals surface area (Å²) in [6.07, 6.45) is 11.5. The van der Waals surface area contributed by atoms with E-state index >= 15 is 0 Å². The van der Waals surface area contributed by atoms with E-state index in [0.29, 0.717) is 0 Å². The maximum absolute atomic E-state index is 3.60. The molecule has 18 heavy (non-hydrogen) atoms. The van der Waals surface area contributed by atoms with Gasteiger partial charge in [-0.05, 0) is 44.2 Å². The predicted molar refractivity (Wildman–Crippen MR) is 78.9 cm³/mol. The lowest BCUT2D eigenvalue weighted by atomic mass is 9.75. The number of piperidine rings is 1. The van der Waals surface area contributed by atoms with Crippen LogP contribution in [0.4, 0.5) is 0 Å². The van der Waals surface area contributed by atoms with E-state index in [4.69, 9.17) is 0 Å². The average Bonchev–Trinajstić information content (AvgIpc) is 2.42. The van der Waals surface area contributed by atoms with E-state index in [2.05, 4.69) is 17.1 Å². The Bertz CT molecular complexity index is 217. The van der Waals surface area contributed by atoms with Crippen molar-refractivity contribution in [3.8, 4) is 0 Å². The van der Waals surface area contributed by atoms with Gasteiger partial charge in [-0.1, -0.05) is 39.0 Å². The number of rotatable bonds is 7. The van der Waals surface area contributed by atoms with Gasteiger partial charge in [0.15, 0.2) is 0 Å². The fourth-order valence-corrected chi connectivity index (χ4v) is 3.74. The Hall–Kier alpha value is -0.0800. The van der Waals surface area contributed by atoms with E-state index in [1.165, 1.54) is 84.1 Å². The number of fused-ring (bicyclic) bond motifs is 1. The zero-order chi connectivity index (χ0) is 12.6. The second-order valence-corrected chi connectivity index (χ2v) is 6.35. The highest BCUT2D eigenvalue weighted by molar-refractivity contribution is 4.83. The third-order valence-corrected chi connectivity index (χ3v) is 4.94. The number of nitrogens with zero attached hydrogens (tertiary/aromatic N) is 1. The lowest BCUT2D eigenvalue weighted by molar-refractivity contribution is 0.0876. The van der Waals surface area contributed by atoms with Gasteiger partial charge < -0.3 is 10.2 Å². The van der Waals surface area contributed by atoms with Crippen molar-refractivity contribution in [2.75, 3.05) is 32.7 Å². The molecule has 1 saturated carbocycles. The molecule has 2 atom stereocenters. The van der Waals surface area contributed by atoms with Crippen molar-refractivity contribution in [1.82, 2.24) is 10.2 Å². The molecule has 2 nitrogen and oxygen atoms in total. The average molecular weight is 252 g/mol. The molecular weight excluding hydrogens is 220 g/mol. The molecule has 0 aromatic rings. The molecular formula is C16H32N2. The number of hydrogen-bond acceptors (Lipinski definition) is 2. The van der Waals surface area contributed by atoms with Crippen LogP contribution in [0.25, 0.3) is 0 Å². The zero-order valence-electron chi connectivity index (χ0n) is 12.3. The molecule has 106 valence electrons. The van der Waals surface area contributed by atoms with Gasteiger partial charge in [-0.3, -0.25) is 0 Å². The maximum atomic E-state index is 3.60. The summed E-state index contributed by atoms with van der Waals surface area (Å²) < 4.78 is 0. The van der Waals surface area contributed by atoms with Crippen LogP contribution in [0.3, 0.4) is 0 Å². The molecule has 2 aliphatic rings. The largest absolute Gasteiger partial charge is 0.315 e. The minimum atomic E-state index is 1.03.